The van der Waals surface area contributed by atoms with Crippen LogP contribution in [0.3, 0.4) is 0 Å². The van der Waals surface area contributed by atoms with Gasteiger partial charge in [-0.15, -0.1) is 0 Å². The highest BCUT2D eigenvalue weighted by molar-refractivity contribution is 5.80. The van der Waals surface area contributed by atoms with Crippen LogP contribution in [-0.2, 0) is 11.4 Å². The van der Waals surface area contributed by atoms with Crippen LogP contribution in [0, 0.1) is 13.8 Å². The lowest BCUT2D eigenvalue weighted by Crippen LogP contribution is -2.03. The first-order valence-electron chi connectivity index (χ1n) is 7.34. The molecular formula is C18H19F2NO3. The number of rotatable bonds is 7. The van der Waals surface area contributed by atoms with E-state index in [2.05, 4.69) is 9.89 Å². The summed E-state index contributed by atoms with van der Waals surface area (Å²) in [6, 6.07) is 10.6. The molecule has 0 bridgehead atoms. The van der Waals surface area contributed by atoms with E-state index in [0.717, 1.165) is 16.7 Å². The molecule has 0 aromatic heterocycles. The van der Waals surface area contributed by atoms with Crippen LogP contribution in [0.4, 0.5) is 8.78 Å². The molecule has 0 atom stereocenters. The smallest absolute Gasteiger partial charge is 0.387 e. The van der Waals surface area contributed by atoms with Crippen molar-refractivity contribution < 1.29 is 23.1 Å². The summed E-state index contributed by atoms with van der Waals surface area (Å²) in [5, 5.41) is 3.90. The highest BCUT2D eigenvalue weighted by Gasteiger charge is 2.10. The molecule has 4 nitrogen and oxygen atoms in total. The molecule has 0 saturated heterocycles. The average Bonchev–Trinajstić information content (AvgIpc) is 2.55. The molecule has 0 aliphatic heterocycles. The van der Waals surface area contributed by atoms with E-state index >= 15 is 0 Å². The number of hydrogen-bond donors (Lipinski definition) is 0. The van der Waals surface area contributed by atoms with Crippen LogP contribution in [0.5, 0.6) is 11.5 Å². The standard InChI is InChI=1S/C18H19F2NO3/c1-12-4-5-13(2)15(8-12)11-23-21-10-14-6-7-16(24-18(19)20)17(9-14)22-3/h4-10,18H,11H2,1-3H3. The number of halogens is 2. The SMILES string of the molecule is COc1cc(C=NOCc2cc(C)ccc2C)ccc1OC(F)F. The molecule has 0 fully saturated rings. The molecule has 2 rings (SSSR count). The van der Waals surface area contributed by atoms with Crippen LogP contribution in [0.25, 0.3) is 0 Å². The Bertz CT molecular complexity index is 717. The van der Waals surface area contributed by atoms with Crippen molar-refractivity contribution >= 4 is 6.21 Å². The van der Waals surface area contributed by atoms with Crippen molar-refractivity contribution in [2.75, 3.05) is 7.11 Å². The van der Waals surface area contributed by atoms with Gasteiger partial charge in [0, 0.05) is 5.56 Å². The number of oxime groups is 1. The predicted molar refractivity (Wildman–Crippen MR) is 87.9 cm³/mol. The molecule has 128 valence electrons. The van der Waals surface area contributed by atoms with Crippen LogP contribution in [-0.4, -0.2) is 19.9 Å². The summed E-state index contributed by atoms with van der Waals surface area (Å²) in [7, 11) is 1.38. The second kappa shape index (κ2) is 8.29. The molecule has 0 amide bonds. The fraction of sp³-hybridized carbons (Fsp3) is 0.278. The van der Waals surface area contributed by atoms with Gasteiger partial charge < -0.3 is 14.3 Å². The van der Waals surface area contributed by atoms with E-state index in [9.17, 15) is 8.78 Å². The van der Waals surface area contributed by atoms with E-state index in [1.807, 2.05) is 32.0 Å². The van der Waals surface area contributed by atoms with Gasteiger partial charge in [0.25, 0.3) is 0 Å². The van der Waals surface area contributed by atoms with Gasteiger partial charge in [-0.05, 0) is 43.2 Å². The summed E-state index contributed by atoms with van der Waals surface area (Å²) in [5.74, 6) is 0.176. The van der Waals surface area contributed by atoms with Gasteiger partial charge in [-0.2, -0.15) is 8.78 Å². The highest BCUT2D eigenvalue weighted by Crippen LogP contribution is 2.28. The number of hydrogen-bond acceptors (Lipinski definition) is 4. The van der Waals surface area contributed by atoms with E-state index in [4.69, 9.17) is 9.57 Å². The molecule has 0 radical (unpaired) electrons. The van der Waals surface area contributed by atoms with Gasteiger partial charge in [0.15, 0.2) is 11.5 Å². The monoisotopic (exact) mass is 335 g/mol. The van der Waals surface area contributed by atoms with E-state index in [0.29, 0.717) is 12.2 Å². The van der Waals surface area contributed by atoms with Gasteiger partial charge in [-0.1, -0.05) is 28.9 Å². The second-order valence-corrected chi connectivity index (χ2v) is 5.23. The van der Waals surface area contributed by atoms with Crippen molar-refractivity contribution in [2.24, 2.45) is 5.16 Å². The maximum Gasteiger partial charge on any atom is 0.387 e. The number of nitrogens with zero attached hydrogens (tertiary/aromatic N) is 1. The minimum absolute atomic E-state index is 0.0269. The number of aryl methyl sites for hydroxylation is 2. The first kappa shape index (κ1) is 17.7. The zero-order chi connectivity index (χ0) is 17.5. The van der Waals surface area contributed by atoms with Crippen molar-refractivity contribution in [1.29, 1.82) is 0 Å². The molecule has 24 heavy (non-hydrogen) atoms. The quantitative estimate of drug-likeness (QED) is 0.554. The molecule has 0 aliphatic carbocycles. The second-order valence-electron chi connectivity index (χ2n) is 5.23. The minimum atomic E-state index is -2.90. The molecular weight excluding hydrogens is 316 g/mol. The molecule has 0 N–H and O–H groups in total. The Balaban J connectivity index is 2.00. The van der Waals surface area contributed by atoms with Crippen molar-refractivity contribution in [3.63, 3.8) is 0 Å². The first-order valence-corrected chi connectivity index (χ1v) is 7.34. The zero-order valence-corrected chi connectivity index (χ0v) is 13.8. The average molecular weight is 335 g/mol. The van der Waals surface area contributed by atoms with Gasteiger partial charge >= 0.3 is 6.61 Å². The zero-order valence-electron chi connectivity index (χ0n) is 13.8. The molecule has 0 aliphatic rings. The summed E-state index contributed by atoms with van der Waals surface area (Å²) in [6.45, 7) is 1.48. The Kier molecular flexibility index (Phi) is 6.12. The number of ether oxygens (including phenoxy) is 2. The largest absolute Gasteiger partial charge is 0.493 e. The third kappa shape index (κ3) is 4.94. The lowest BCUT2D eigenvalue weighted by Gasteiger charge is -2.10. The normalized spacial score (nSPS) is 11.1. The molecule has 0 saturated carbocycles. The molecule has 0 unspecified atom stereocenters. The Labute approximate surface area is 139 Å². The van der Waals surface area contributed by atoms with Crippen LogP contribution in [0.15, 0.2) is 41.6 Å². The lowest BCUT2D eigenvalue weighted by molar-refractivity contribution is -0.0512. The summed E-state index contributed by atoms with van der Waals surface area (Å²) in [6.07, 6.45) is 1.49. The maximum atomic E-state index is 12.3. The third-order valence-electron chi connectivity index (χ3n) is 3.40. The Morgan fingerprint density at radius 1 is 1.08 bits per heavy atom. The van der Waals surface area contributed by atoms with E-state index in [-0.39, 0.29) is 11.5 Å². The van der Waals surface area contributed by atoms with Crippen LogP contribution < -0.4 is 9.47 Å². The van der Waals surface area contributed by atoms with Crippen molar-refractivity contribution in [2.45, 2.75) is 27.1 Å². The minimum Gasteiger partial charge on any atom is -0.493 e. The maximum absolute atomic E-state index is 12.3. The van der Waals surface area contributed by atoms with E-state index in [1.54, 1.807) is 12.1 Å². The summed E-state index contributed by atoms with van der Waals surface area (Å²) in [5.41, 5.74) is 3.99. The van der Waals surface area contributed by atoms with Gasteiger partial charge in [-0.25, -0.2) is 0 Å². The Morgan fingerprint density at radius 3 is 2.58 bits per heavy atom. The molecule has 0 heterocycles. The van der Waals surface area contributed by atoms with Gasteiger partial charge in [0.1, 0.15) is 6.61 Å². The third-order valence-corrected chi connectivity index (χ3v) is 3.40. The summed E-state index contributed by atoms with van der Waals surface area (Å²) < 4.78 is 34.0. The number of alkyl halides is 2. The Morgan fingerprint density at radius 2 is 1.88 bits per heavy atom. The molecule has 2 aromatic rings. The number of benzene rings is 2. The van der Waals surface area contributed by atoms with Crippen molar-refractivity contribution in [3.05, 3.63) is 58.7 Å². The van der Waals surface area contributed by atoms with Gasteiger partial charge in [0.05, 0.1) is 13.3 Å². The van der Waals surface area contributed by atoms with Crippen LogP contribution in [0.1, 0.15) is 22.3 Å². The van der Waals surface area contributed by atoms with Gasteiger partial charge in [0.2, 0.25) is 0 Å². The topological polar surface area (TPSA) is 40.0 Å². The molecule has 0 spiro atoms. The van der Waals surface area contributed by atoms with Crippen molar-refractivity contribution in [1.82, 2.24) is 0 Å². The van der Waals surface area contributed by atoms with Crippen molar-refractivity contribution in [3.8, 4) is 11.5 Å². The Hall–Kier alpha value is -2.63. The first-order chi connectivity index (χ1) is 11.5. The molecule has 6 heteroatoms. The van der Waals surface area contributed by atoms with Crippen LogP contribution in [0.2, 0.25) is 0 Å². The van der Waals surface area contributed by atoms with E-state index in [1.165, 1.54) is 19.4 Å². The van der Waals surface area contributed by atoms with Gasteiger partial charge in [-0.3, -0.25) is 0 Å². The lowest BCUT2D eigenvalue weighted by atomic mass is 10.1. The fourth-order valence-corrected chi connectivity index (χ4v) is 2.12. The summed E-state index contributed by atoms with van der Waals surface area (Å²) in [4.78, 5) is 5.31. The number of methoxy groups -OCH3 is 1. The van der Waals surface area contributed by atoms with E-state index < -0.39 is 6.61 Å². The predicted octanol–water partition coefficient (Wildman–Crippen LogP) is 4.46. The summed E-state index contributed by atoms with van der Waals surface area (Å²) >= 11 is 0. The fourth-order valence-electron chi connectivity index (χ4n) is 2.12. The van der Waals surface area contributed by atoms with Crippen LogP contribution >= 0.6 is 0 Å². The highest BCUT2D eigenvalue weighted by atomic mass is 19.3. The molecule has 2 aromatic carbocycles.